The second-order valence-electron chi connectivity index (χ2n) is 4.11. The fourth-order valence-electron chi connectivity index (χ4n) is 1.96. The highest BCUT2D eigenvalue weighted by Gasteiger charge is 2.17. The van der Waals surface area contributed by atoms with Gasteiger partial charge in [0.2, 0.25) is 0 Å². The van der Waals surface area contributed by atoms with Gasteiger partial charge in [-0.25, -0.2) is 0 Å². The Morgan fingerprint density at radius 2 is 2.00 bits per heavy atom. The van der Waals surface area contributed by atoms with Crippen molar-refractivity contribution in [3.05, 3.63) is 47.3 Å². The van der Waals surface area contributed by atoms with Crippen molar-refractivity contribution in [2.75, 3.05) is 0 Å². The summed E-state index contributed by atoms with van der Waals surface area (Å²) < 4.78 is 0.979. The first-order valence-electron chi connectivity index (χ1n) is 5.79. The maximum absolute atomic E-state index is 4.14. The fraction of sp³-hybridized carbons (Fsp3) is 0.429. The van der Waals surface area contributed by atoms with Crippen molar-refractivity contribution < 1.29 is 0 Å². The molecule has 0 aliphatic heterocycles. The molecule has 0 radical (unpaired) electrons. The van der Waals surface area contributed by atoms with E-state index in [4.69, 9.17) is 0 Å². The quantitative estimate of drug-likeness (QED) is 0.724. The van der Waals surface area contributed by atoms with Crippen LogP contribution in [0, 0.1) is 5.92 Å². The molecule has 0 unspecified atom stereocenters. The molecule has 1 rings (SSSR count). The zero-order chi connectivity index (χ0) is 12.0. The SMILES string of the molecule is C=C/C(Br)=C\C(=C/C)NC(=C)C1CCCC1. The third kappa shape index (κ3) is 4.01. The van der Waals surface area contributed by atoms with E-state index in [2.05, 4.69) is 34.4 Å². The Balaban J connectivity index is 2.57. The number of hydrogen-bond donors (Lipinski definition) is 1. The summed E-state index contributed by atoms with van der Waals surface area (Å²) in [6.45, 7) is 9.87. The topological polar surface area (TPSA) is 12.0 Å². The summed E-state index contributed by atoms with van der Waals surface area (Å²) >= 11 is 3.42. The molecule has 16 heavy (non-hydrogen) atoms. The normalized spacial score (nSPS) is 18.6. The molecule has 1 nitrogen and oxygen atoms in total. The smallest absolute Gasteiger partial charge is 0.0349 e. The third-order valence-electron chi connectivity index (χ3n) is 2.95. The summed E-state index contributed by atoms with van der Waals surface area (Å²) in [6, 6.07) is 0. The summed E-state index contributed by atoms with van der Waals surface area (Å²) in [5.41, 5.74) is 2.22. The molecule has 1 aliphatic carbocycles. The molecule has 0 saturated heterocycles. The lowest BCUT2D eigenvalue weighted by Crippen LogP contribution is -2.16. The number of halogens is 1. The Morgan fingerprint density at radius 3 is 2.50 bits per heavy atom. The van der Waals surface area contributed by atoms with Gasteiger partial charge >= 0.3 is 0 Å². The minimum absolute atomic E-state index is 0.644. The van der Waals surface area contributed by atoms with Crippen LogP contribution >= 0.6 is 15.9 Å². The van der Waals surface area contributed by atoms with Crippen LogP contribution in [-0.4, -0.2) is 0 Å². The highest BCUT2D eigenvalue weighted by Crippen LogP contribution is 2.29. The third-order valence-corrected chi connectivity index (χ3v) is 3.50. The van der Waals surface area contributed by atoms with Crippen molar-refractivity contribution in [2.45, 2.75) is 32.6 Å². The molecule has 2 heteroatoms. The van der Waals surface area contributed by atoms with Crippen LogP contribution in [0.15, 0.2) is 47.3 Å². The van der Waals surface area contributed by atoms with Crippen molar-refractivity contribution in [1.82, 2.24) is 5.32 Å². The lowest BCUT2D eigenvalue weighted by molar-refractivity contribution is 0.607. The molecule has 0 aromatic carbocycles. The zero-order valence-corrected chi connectivity index (χ0v) is 11.5. The van der Waals surface area contributed by atoms with E-state index in [0.29, 0.717) is 5.92 Å². The van der Waals surface area contributed by atoms with Crippen LogP contribution in [-0.2, 0) is 0 Å². The van der Waals surface area contributed by atoms with Crippen LogP contribution < -0.4 is 5.32 Å². The molecular formula is C14H20BrN. The van der Waals surface area contributed by atoms with E-state index in [1.165, 1.54) is 25.7 Å². The largest absolute Gasteiger partial charge is 0.359 e. The Kier molecular flexibility index (Phi) is 5.61. The molecule has 1 N–H and O–H groups in total. The number of hydrogen-bond acceptors (Lipinski definition) is 1. The average molecular weight is 282 g/mol. The fourth-order valence-corrected chi connectivity index (χ4v) is 2.21. The van der Waals surface area contributed by atoms with Crippen LogP contribution in [0.1, 0.15) is 32.6 Å². The maximum Gasteiger partial charge on any atom is 0.0349 e. The minimum atomic E-state index is 0.644. The van der Waals surface area contributed by atoms with Gasteiger partial charge < -0.3 is 5.32 Å². The van der Waals surface area contributed by atoms with Crippen molar-refractivity contribution in [1.29, 1.82) is 0 Å². The van der Waals surface area contributed by atoms with Gasteiger partial charge in [0, 0.05) is 15.9 Å². The second-order valence-corrected chi connectivity index (χ2v) is 5.02. The lowest BCUT2D eigenvalue weighted by atomic mass is 10.0. The molecule has 0 bridgehead atoms. The Bertz CT molecular complexity index is 320. The second kappa shape index (κ2) is 6.74. The summed E-state index contributed by atoms with van der Waals surface area (Å²) in [5.74, 6) is 0.644. The first-order chi connectivity index (χ1) is 7.67. The molecule has 0 atom stereocenters. The van der Waals surface area contributed by atoms with E-state index in [1.54, 1.807) is 6.08 Å². The molecule has 0 aromatic heterocycles. The van der Waals surface area contributed by atoms with Crippen LogP contribution in [0.4, 0.5) is 0 Å². The lowest BCUT2D eigenvalue weighted by Gasteiger charge is -2.16. The summed E-state index contributed by atoms with van der Waals surface area (Å²) in [7, 11) is 0. The molecule has 0 spiro atoms. The highest BCUT2D eigenvalue weighted by molar-refractivity contribution is 9.11. The average Bonchev–Trinajstić information content (AvgIpc) is 2.81. The number of rotatable bonds is 5. The van der Waals surface area contributed by atoms with Gasteiger partial charge in [0.05, 0.1) is 0 Å². The Labute approximate surface area is 107 Å². The molecule has 1 fully saturated rings. The van der Waals surface area contributed by atoms with E-state index >= 15 is 0 Å². The monoisotopic (exact) mass is 281 g/mol. The first-order valence-corrected chi connectivity index (χ1v) is 6.58. The molecule has 1 aliphatic rings. The molecule has 0 aromatic rings. The standard InChI is InChI=1S/C14H20BrN/c1-4-13(15)10-14(5-2)16-11(3)12-8-6-7-9-12/h4-5,10,12,16H,1,3,6-9H2,2H3/b13-10+,14-5+. The van der Waals surface area contributed by atoms with Gasteiger partial charge in [-0.05, 0) is 31.8 Å². The van der Waals surface area contributed by atoms with E-state index in [0.717, 1.165) is 15.9 Å². The summed E-state index contributed by atoms with van der Waals surface area (Å²) in [6.07, 6.45) is 11.1. The van der Waals surface area contributed by atoms with Gasteiger partial charge in [0.15, 0.2) is 0 Å². The maximum atomic E-state index is 4.14. The van der Waals surface area contributed by atoms with Crippen LogP contribution in [0.2, 0.25) is 0 Å². The summed E-state index contributed by atoms with van der Waals surface area (Å²) in [5, 5.41) is 3.39. The zero-order valence-electron chi connectivity index (χ0n) is 9.93. The predicted octanol–water partition coefficient (Wildman–Crippen LogP) is 4.65. The number of allylic oxidation sites excluding steroid dienone is 5. The van der Waals surface area contributed by atoms with Crippen molar-refractivity contribution in [3.8, 4) is 0 Å². The molecule has 0 amide bonds. The van der Waals surface area contributed by atoms with E-state index in [-0.39, 0.29) is 0 Å². The van der Waals surface area contributed by atoms with Crippen molar-refractivity contribution in [3.63, 3.8) is 0 Å². The molecule has 1 saturated carbocycles. The molecule has 88 valence electrons. The van der Waals surface area contributed by atoms with E-state index in [9.17, 15) is 0 Å². The first kappa shape index (κ1) is 13.3. The van der Waals surface area contributed by atoms with Crippen LogP contribution in [0.5, 0.6) is 0 Å². The Hall–Kier alpha value is -0.760. The van der Waals surface area contributed by atoms with E-state index in [1.807, 2.05) is 19.1 Å². The van der Waals surface area contributed by atoms with E-state index < -0.39 is 0 Å². The minimum Gasteiger partial charge on any atom is -0.359 e. The van der Waals surface area contributed by atoms with Gasteiger partial charge in [-0.3, -0.25) is 0 Å². The van der Waals surface area contributed by atoms with Gasteiger partial charge in [-0.1, -0.05) is 54.1 Å². The van der Waals surface area contributed by atoms with Crippen LogP contribution in [0.3, 0.4) is 0 Å². The van der Waals surface area contributed by atoms with Crippen molar-refractivity contribution in [2.24, 2.45) is 5.92 Å². The highest BCUT2D eigenvalue weighted by atomic mass is 79.9. The predicted molar refractivity (Wildman–Crippen MR) is 75.2 cm³/mol. The number of nitrogens with one attached hydrogen (secondary N) is 1. The van der Waals surface area contributed by atoms with Crippen molar-refractivity contribution >= 4 is 15.9 Å². The Morgan fingerprint density at radius 1 is 1.38 bits per heavy atom. The van der Waals surface area contributed by atoms with Gasteiger partial charge in [0.25, 0.3) is 0 Å². The van der Waals surface area contributed by atoms with Crippen LogP contribution in [0.25, 0.3) is 0 Å². The molecular weight excluding hydrogens is 262 g/mol. The van der Waals surface area contributed by atoms with Gasteiger partial charge in [0.1, 0.15) is 0 Å². The summed E-state index contributed by atoms with van der Waals surface area (Å²) in [4.78, 5) is 0. The van der Waals surface area contributed by atoms with Gasteiger partial charge in [-0.15, -0.1) is 0 Å². The van der Waals surface area contributed by atoms with Gasteiger partial charge in [-0.2, -0.15) is 0 Å². The molecule has 0 heterocycles.